The van der Waals surface area contributed by atoms with Crippen molar-refractivity contribution in [3.8, 4) is 0 Å². The molecule has 0 radical (unpaired) electrons. The van der Waals surface area contributed by atoms with Gasteiger partial charge in [0.15, 0.2) is 0 Å². The number of aromatic nitrogens is 1. The van der Waals surface area contributed by atoms with Gasteiger partial charge in [0.05, 0.1) is 5.52 Å². The zero-order valence-corrected chi connectivity index (χ0v) is 10.8. The van der Waals surface area contributed by atoms with E-state index >= 15 is 0 Å². The Bertz CT molecular complexity index is 517. The average molecular weight is 228 g/mol. The molecule has 0 aliphatic rings. The maximum absolute atomic E-state index is 5.90. The van der Waals surface area contributed by atoms with Crippen molar-refractivity contribution in [3.05, 3.63) is 41.6 Å². The van der Waals surface area contributed by atoms with Crippen LogP contribution in [-0.2, 0) is 0 Å². The molecule has 0 saturated heterocycles. The molecule has 1 aromatic carbocycles. The Hall–Kier alpha value is -1.41. The van der Waals surface area contributed by atoms with Crippen LogP contribution in [0.4, 0.5) is 0 Å². The van der Waals surface area contributed by atoms with Gasteiger partial charge < -0.3 is 5.73 Å². The highest BCUT2D eigenvalue weighted by molar-refractivity contribution is 5.82. The molecule has 2 rings (SSSR count). The number of rotatable bonds is 3. The minimum atomic E-state index is 0.383. The van der Waals surface area contributed by atoms with E-state index in [9.17, 15) is 0 Å². The van der Waals surface area contributed by atoms with E-state index in [1.54, 1.807) is 0 Å². The average Bonchev–Trinajstić information content (AvgIpc) is 2.29. The molecule has 0 aliphatic carbocycles. The highest BCUT2D eigenvalue weighted by Crippen LogP contribution is 2.29. The molecular weight excluding hydrogens is 208 g/mol. The van der Waals surface area contributed by atoms with Crippen molar-refractivity contribution in [1.29, 1.82) is 0 Å². The van der Waals surface area contributed by atoms with Crippen LogP contribution in [0.1, 0.15) is 30.9 Å². The lowest BCUT2D eigenvalue weighted by atomic mass is 9.87. The summed E-state index contributed by atoms with van der Waals surface area (Å²) in [7, 11) is 0. The number of benzene rings is 1. The fourth-order valence-electron chi connectivity index (χ4n) is 2.35. The van der Waals surface area contributed by atoms with Crippen molar-refractivity contribution >= 4 is 10.9 Å². The van der Waals surface area contributed by atoms with Crippen molar-refractivity contribution in [1.82, 2.24) is 4.98 Å². The molecule has 90 valence electrons. The largest absolute Gasteiger partial charge is 0.330 e. The number of fused-ring (bicyclic) bond motifs is 1. The van der Waals surface area contributed by atoms with Crippen LogP contribution in [0.25, 0.3) is 10.9 Å². The summed E-state index contributed by atoms with van der Waals surface area (Å²) in [6, 6.07) is 8.55. The normalized spacial score (nSPS) is 13.2. The lowest BCUT2D eigenvalue weighted by Gasteiger charge is -2.20. The fourth-order valence-corrected chi connectivity index (χ4v) is 2.35. The van der Waals surface area contributed by atoms with Crippen LogP contribution in [0, 0.1) is 12.8 Å². The lowest BCUT2D eigenvalue weighted by molar-refractivity contribution is 0.508. The van der Waals surface area contributed by atoms with Crippen molar-refractivity contribution in [2.45, 2.75) is 26.7 Å². The smallest absolute Gasteiger partial charge is 0.0737 e. The van der Waals surface area contributed by atoms with Gasteiger partial charge in [-0.3, -0.25) is 4.98 Å². The molecule has 0 saturated carbocycles. The molecule has 0 aliphatic heterocycles. The predicted octanol–water partition coefficient (Wildman–Crippen LogP) is 3.24. The third kappa shape index (κ3) is 2.32. The van der Waals surface area contributed by atoms with Crippen molar-refractivity contribution in [3.63, 3.8) is 0 Å². The van der Waals surface area contributed by atoms with Crippen LogP contribution in [0.5, 0.6) is 0 Å². The zero-order valence-electron chi connectivity index (χ0n) is 10.8. The summed E-state index contributed by atoms with van der Waals surface area (Å²) >= 11 is 0. The monoisotopic (exact) mass is 228 g/mol. The number of hydrogen-bond donors (Lipinski definition) is 1. The van der Waals surface area contributed by atoms with Crippen molar-refractivity contribution < 1.29 is 0 Å². The third-order valence-electron chi connectivity index (χ3n) is 3.34. The summed E-state index contributed by atoms with van der Waals surface area (Å²) in [6.07, 6.45) is 1.93. The van der Waals surface area contributed by atoms with Gasteiger partial charge in [-0.1, -0.05) is 32.0 Å². The molecule has 0 amide bonds. The third-order valence-corrected chi connectivity index (χ3v) is 3.34. The van der Waals surface area contributed by atoms with E-state index in [0.29, 0.717) is 18.4 Å². The van der Waals surface area contributed by atoms with E-state index in [0.717, 1.165) is 5.52 Å². The molecule has 1 atom stereocenters. The van der Waals surface area contributed by atoms with Gasteiger partial charge in [-0.05, 0) is 36.6 Å². The number of aryl methyl sites for hydroxylation is 1. The van der Waals surface area contributed by atoms with E-state index in [1.165, 1.54) is 16.5 Å². The first-order chi connectivity index (χ1) is 8.13. The van der Waals surface area contributed by atoms with Crippen LogP contribution < -0.4 is 5.73 Å². The molecule has 2 heteroatoms. The Morgan fingerprint density at radius 1 is 1.29 bits per heavy atom. The number of nitrogens with two attached hydrogens (primary N) is 1. The molecule has 0 bridgehead atoms. The van der Waals surface area contributed by atoms with E-state index in [-0.39, 0.29) is 0 Å². The Balaban J connectivity index is 2.61. The zero-order chi connectivity index (χ0) is 12.4. The van der Waals surface area contributed by atoms with Crippen LogP contribution in [0.3, 0.4) is 0 Å². The van der Waals surface area contributed by atoms with Crippen LogP contribution in [-0.4, -0.2) is 11.5 Å². The second-order valence-electron chi connectivity index (χ2n) is 5.02. The van der Waals surface area contributed by atoms with Gasteiger partial charge in [-0.15, -0.1) is 0 Å². The summed E-state index contributed by atoms with van der Waals surface area (Å²) in [4.78, 5) is 4.58. The second-order valence-corrected chi connectivity index (χ2v) is 5.02. The molecule has 0 fully saturated rings. The quantitative estimate of drug-likeness (QED) is 0.876. The highest BCUT2D eigenvalue weighted by Gasteiger charge is 2.17. The number of hydrogen-bond acceptors (Lipinski definition) is 2. The summed E-state index contributed by atoms with van der Waals surface area (Å²) in [6.45, 7) is 7.17. The maximum Gasteiger partial charge on any atom is 0.0737 e. The summed E-state index contributed by atoms with van der Waals surface area (Å²) in [5.41, 5.74) is 9.47. The van der Waals surface area contributed by atoms with Crippen LogP contribution in [0.2, 0.25) is 0 Å². The molecule has 1 heterocycles. The molecule has 2 N–H and O–H groups in total. The summed E-state index contributed by atoms with van der Waals surface area (Å²) in [5, 5.41) is 1.21. The van der Waals surface area contributed by atoms with Gasteiger partial charge in [0.2, 0.25) is 0 Å². The Kier molecular flexibility index (Phi) is 3.43. The Labute approximate surface area is 103 Å². The van der Waals surface area contributed by atoms with Gasteiger partial charge in [0.1, 0.15) is 0 Å². The van der Waals surface area contributed by atoms with Crippen LogP contribution >= 0.6 is 0 Å². The first-order valence-electron chi connectivity index (χ1n) is 6.19. The van der Waals surface area contributed by atoms with E-state index in [4.69, 9.17) is 5.73 Å². The van der Waals surface area contributed by atoms with Gasteiger partial charge in [0, 0.05) is 17.5 Å². The molecule has 1 aromatic heterocycles. The van der Waals surface area contributed by atoms with Crippen molar-refractivity contribution in [2.24, 2.45) is 11.7 Å². The van der Waals surface area contributed by atoms with Gasteiger partial charge in [0.25, 0.3) is 0 Å². The van der Waals surface area contributed by atoms with Gasteiger partial charge in [-0.25, -0.2) is 0 Å². The molecule has 2 nitrogen and oxygen atoms in total. The predicted molar refractivity (Wildman–Crippen MR) is 73.1 cm³/mol. The van der Waals surface area contributed by atoms with E-state index < -0.39 is 0 Å². The minimum absolute atomic E-state index is 0.383. The second kappa shape index (κ2) is 4.84. The van der Waals surface area contributed by atoms with E-state index in [2.05, 4.69) is 50.0 Å². The topological polar surface area (TPSA) is 38.9 Å². The number of pyridine rings is 1. The maximum atomic E-state index is 5.90. The van der Waals surface area contributed by atoms with Gasteiger partial charge >= 0.3 is 0 Å². The van der Waals surface area contributed by atoms with Crippen LogP contribution in [0.15, 0.2) is 30.5 Å². The highest BCUT2D eigenvalue weighted by atomic mass is 14.7. The lowest BCUT2D eigenvalue weighted by Crippen LogP contribution is -2.18. The molecule has 1 unspecified atom stereocenters. The Morgan fingerprint density at radius 2 is 2.06 bits per heavy atom. The molecule has 0 spiro atoms. The number of para-hydroxylation sites is 1. The Morgan fingerprint density at radius 3 is 2.71 bits per heavy atom. The van der Waals surface area contributed by atoms with E-state index in [1.807, 2.05) is 6.20 Å². The minimum Gasteiger partial charge on any atom is -0.330 e. The SMILES string of the molecule is Cc1cnc2c(C(CN)C(C)C)cccc2c1. The first kappa shape index (κ1) is 12.1. The summed E-state index contributed by atoms with van der Waals surface area (Å²) < 4.78 is 0. The first-order valence-corrected chi connectivity index (χ1v) is 6.19. The molecular formula is C15H20N2. The summed E-state index contributed by atoms with van der Waals surface area (Å²) in [5.74, 6) is 0.919. The van der Waals surface area contributed by atoms with Crippen molar-refractivity contribution in [2.75, 3.05) is 6.54 Å². The van der Waals surface area contributed by atoms with Gasteiger partial charge in [-0.2, -0.15) is 0 Å². The molecule has 17 heavy (non-hydrogen) atoms. The standard InChI is InChI=1S/C15H20N2/c1-10(2)14(8-16)13-6-4-5-12-7-11(3)9-17-15(12)13/h4-7,9-10,14H,8,16H2,1-3H3. The fraction of sp³-hybridized carbons (Fsp3) is 0.400. The molecule has 2 aromatic rings. The number of nitrogens with zero attached hydrogens (tertiary/aromatic N) is 1.